The molecule has 7 rings (SSSR count). The Morgan fingerprint density at radius 2 is 1.53 bits per heavy atom. The number of nitrogens with one attached hydrogen (secondary N) is 1. The van der Waals surface area contributed by atoms with E-state index >= 15 is 0 Å². The van der Waals surface area contributed by atoms with Crippen LogP contribution in [0.15, 0.2) is 114 Å². The van der Waals surface area contributed by atoms with Gasteiger partial charge in [0, 0.05) is 28.6 Å². The van der Waals surface area contributed by atoms with Crippen LogP contribution >= 0.6 is 0 Å². The fraction of sp³-hybridized carbons (Fsp3) is 0.0345. The van der Waals surface area contributed by atoms with Crippen molar-refractivity contribution in [2.24, 2.45) is 0 Å². The molecule has 3 heteroatoms. The average Bonchev–Trinajstić information content (AvgIpc) is 3.45. The summed E-state index contributed by atoms with van der Waals surface area (Å²) in [6, 6.07) is 27.9. The lowest BCUT2D eigenvalue weighted by Crippen LogP contribution is -2.31. The Labute approximate surface area is 185 Å². The van der Waals surface area contributed by atoms with Crippen LogP contribution in [0.5, 0.6) is 0 Å². The van der Waals surface area contributed by atoms with Crippen LogP contribution in [0.3, 0.4) is 0 Å². The molecule has 1 aromatic heterocycles. The summed E-state index contributed by atoms with van der Waals surface area (Å²) in [6.45, 7) is 0. The zero-order valence-corrected chi connectivity index (χ0v) is 17.3. The Balaban J connectivity index is 1.44. The van der Waals surface area contributed by atoms with Crippen molar-refractivity contribution in [1.29, 1.82) is 0 Å². The van der Waals surface area contributed by atoms with Crippen LogP contribution < -0.4 is 5.32 Å². The van der Waals surface area contributed by atoms with Gasteiger partial charge in [-0.3, -0.25) is 0 Å². The molecule has 0 spiro atoms. The van der Waals surface area contributed by atoms with Gasteiger partial charge in [0.2, 0.25) is 0 Å². The van der Waals surface area contributed by atoms with E-state index in [0.717, 1.165) is 33.0 Å². The number of hydrogen-bond donors (Lipinski definition) is 1. The van der Waals surface area contributed by atoms with Gasteiger partial charge in [-0.2, -0.15) is 0 Å². The molecule has 0 saturated heterocycles. The average molecular weight is 412 g/mol. The van der Waals surface area contributed by atoms with E-state index in [2.05, 4.69) is 108 Å². The minimum atomic E-state index is 0.188. The van der Waals surface area contributed by atoms with Gasteiger partial charge in [-0.1, -0.05) is 66.7 Å². The zero-order valence-electron chi connectivity index (χ0n) is 17.3. The minimum Gasteiger partial charge on any atom is -0.455 e. The third kappa shape index (κ3) is 2.55. The highest BCUT2D eigenvalue weighted by atomic mass is 16.3. The lowest BCUT2D eigenvalue weighted by atomic mass is 9.94. The highest BCUT2D eigenvalue weighted by Gasteiger charge is 2.22. The maximum Gasteiger partial charge on any atom is 0.143 e. The number of rotatable bonds is 2. The molecule has 1 atom stereocenters. The molecular formula is C29H20N2O. The monoisotopic (exact) mass is 412 g/mol. The first kappa shape index (κ1) is 17.4. The van der Waals surface area contributed by atoms with Gasteiger partial charge in [0.05, 0.1) is 5.70 Å². The second kappa shape index (κ2) is 6.63. The molecule has 3 heterocycles. The molecule has 4 aromatic carbocycles. The highest BCUT2D eigenvalue weighted by molar-refractivity contribution is 6.19. The van der Waals surface area contributed by atoms with Gasteiger partial charge in [-0.15, -0.1) is 0 Å². The third-order valence-corrected chi connectivity index (χ3v) is 6.43. The van der Waals surface area contributed by atoms with E-state index in [0.29, 0.717) is 0 Å². The van der Waals surface area contributed by atoms with E-state index in [1.54, 1.807) is 0 Å². The predicted octanol–water partition coefficient (Wildman–Crippen LogP) is 7.02. The molecular weight excluding hydrogens is 392 g/mol. The molecule has 3 nitrogen and oxygen atoms in total. The van der Waals surface area contributed by atoms with Crippen molar-refractivity contribution in [1.82, 2.24) is 10.2 Å². The number of furan rings is 1. The molecule has 0 fully saturated rings. The Hall–Kier alpha value is -4.24. The number of para-hydroxylation sites is 1. The van der Waals surface area contributed by atoms with E-state index in [9.17, 15) is 0 Å². The van der Waals surface area contributed by atoms with Gasteiger partial charge in [-0.25, -0.2) is 0 Å². The van der Waals surface area contributed by atoms with Crippen LogP contribution in [0.2, 0.25) is 0 Å². The predicted molar refractivity (Wildman–Crippen MR) is 132 cm³/mol. The quantitative estimate of drug-likeness (QED) is 0.338. The van der Waals surface area contributed by atoms with Gasteiger partial charge in [0.25, 0.3) is 0 Å². The van der Waals surface area contributed by atoms with E-state index < -0.39 is 0 Å². The third-order valence-electron chi connectivity index (χ3n) is 6.43. The zero-order chi connectivity index (χ0) is 21.1. The van der Waals surface area contributed by atoms with Gasteiger partial charge >= 0.3 is 0 Å². The second-order valence-electron chi connectivity index (χ2n) is 8.33. The van der Waals surface area contributed by atoms with Crippen LogP contribution in [0, 0.1) is 0 Å². The Kier molecular flexibility index (Phi) is 3.61. The Morgan fingerprint density at radius 1 is 0.719 bits per heavy atom. The summed E-state index contributed by atoms with van der Waals surface area (Å²) in [5.41, 5.74) is 6.61. The molecule has 1 unspecified atom stereocenters. The number of benzene rings is 4. The summed E-state index contributed by atoms with van der Waals surface area (Å²) >= 11 is 0. The first-order valence-corrected chi connectivity index (χ1v) is 10.9. The van der Waals surface area contributed by atoms with Crippen LogP contribution in [0.4, 0.5) is 0 Å². The fourth-order valence-corrected chi connectivity index (χ4v) is 4.90. The first-order valence-electron chi connectivity index (χ1n) is 10.9. The molecule has 1 N–H and O–H groups in total. The maximum atomic E-state index is 6.28. The van der Waals surface area contributed by atoms with Crippen molar-refractivity contribution in [3.8, 4) is 11.1 Å². The molecule has 0 bridgehead atoms. The lowest BCUT2D eigenvalue weighted by molar-refractivity contribution is 0.427. The molecule has 0 radical (unpaired) electrons. The van der Waals surface area contributed by atoms with Crippen molar-refractivity contribution in [2.45, 2.75) is 6.17 Å². The second-order valence-corrected chi connectivity index (χ2v) is 8.33. The summed E-state index contributed by atoms with van der Waals surface area (Å²) in [6.07, 6.45) is 10.8. The maximum absolute atomic E-state index is 6.28. The van der Waals surface area contributed by atoms with Crippen molar-refractivity contribution < 1.29 is 4.42 Å². The smallest absolute Gasteiger partial charge is 0.143 e. The number of nitrogens with zero attached hydrogens (tertiary/aromatic N) is 1. The molecule has 32 heavy (non-hydrogen) atoms. The topological polar surface area (TPSA) is 28.4 Å². The van der Waals surface area contributed by atoms with Crippen molar-refractivity contribution >= 4 is 38.4 Å². The largest absolute Gasteiger partial charge is 0.455 e. The number of allylic oxidation sites excluding steroid dienone is 2. The summed E-state index contributed by atoms with van der Waals surface area (Å²) in [5, 5.41) is 8.27. The van der Waals surface area contributed by atoms with E-state index in [-0.39, 0.29) is 6.17 Å². The normalized spacial score (nSPS) is 17.2. The molecule has 0 amide bonds. The number of fused-ring (bicyclic) bond motifs is 6. The molecule has 152 valence electrons. The van der Waals surface area contributed by atoms with E-state index in [1.807, 2.05) is 12.1 Å². The Morgan fingerprint density at radius 3 is 2.44 bits per heavy atom. The fourth-order valence-electron chi connectivity index (χ4n) is 4.90. The summed E-state index contributed by atoms with van der Waals surface area (Å²) in [7, 11) is 0. The SMILES string of the molecule is C1=CC2NC(c3cccc(-c4cc5c6ccccc6oc5c5ccccc45)c3)=CN2C=C1. The van der Waals surface area contributed by atoms with Crippen LogP contribution in [0.1, 0.15) is 5.56 Å². The highest BCUT2D eigenvalue weighted by Crippen LogP contribution is 2.40. The van der Waals surface area contributed by atoms with E-state index in [1.165, 1.54) is 22.1 Å². The Bertz CT molecular complexity index is 1620. The van der Waals surface area contributed by atoms with Crippen molar-refractivity contribution in [3.05, 3.63) is 115 Å². The minimum absolute atomic E-state index is 0.188. The van der Waals surface area contributed by atoms with Crippen LogP contribution in [-0.2, 0) is 0 Å². The van der Waals surface area contributed by atoms with Crippen LogP contribution in [0.25, 0.3) is 49.5 Å². The molecule has 0 aliphatic carbocycles. The summed E-state index contributed by atoms with van der Waals surface area (Å²) in [5.74, 6) is 0. The van der Waals surface area contributed by atoms with Crippen LogP contribution in [-0.4, -0.2) is 11.1 Å². The van der Waals surface area contributed by atoms with E-state index in [4.69, 9.17) is 4.42 Å². The van der Waals surface area contributed by atoms with Crippen molar-refractivity contribution in [3.63, 3.8) is 0 Å². The summed E-state index contributed by atoms with van der Waals surface area (Å²) < 4.78 is 6.28. The van der Waals surface area contributed by atoms with Gasteiger partial charge in [-0.05, 0) is 52.4 Å². The summed E-state index contributed by atoms with van der Waals surface area (Å²) in [4.78, 5) is 2.20. The molecule has 5 aromatic rings. The first-order chi connectivity index (χ1) is 15.8. The van der Waals surface area contributed by atoms with Gasteiger partial charge < -0.3 is 14.6 Å². The standard InChI is InChI=1S/C29H20N2O/c1-2-12-23-21(10-1)24(17-25-22-11-3-4-13-27(22)32-29(23)25)19-8-7-9-20(16-19)26-18-31-15-6-5-14-28(31)30-26/h1-18,28,30H. The molecule has 2 aliphatic heterocycles. The van der Waals surface area contributed by atoms with Crippen molar-refractivity contribution in [2.75, 3.05) is 0 Å². The van der Waals surface area contributed by atoms with Gasteiger partial charge in [0.1, 0.15) is 17.3 Å². The molecule has 0 saturated carbocycles. The molecule has 2 aliphatic rings. The lowest BCUT2D eigenvalue weighted by Gasteiger charge is -2.20. The number of hydrogen-bond acceptors (Lipinski definition) is 3. The van der Waals surface area contributed by atoms with Gasteiger partial charge in [0.15, 0.2) is 0 Å².